The number of aliphatic hydroxyl groups excluding tert-OH is 1. The highest BCUT2D eigenvalue weighted by Gasteiger charge is 2.16. The molecule has 1 aromatic carbocycles. The Kier molecular flexibility index (Phi) is 3.20. The van der Waals surface area contributed by atoms with Gasteiger partial charge in [0.15, 0.2) is 0 Å². The number of hydrogen-bond donors (Lipinski definition) is 1. The fourth-order valence-corrected chi connectivity index (χ4v) is 1.40. The van der Waals surface area contributed by atoms with Gasteiger partial charge in [0.25, 0.3) is 0 Å². The topological polar surface area (TPSA) is 37.3 Å². The molecule has 0 saturated carbocycles. The van der Waals surface area contributed by atoms with E-state index in [1.807, 2.05) is 38.1 Å². The van der Waals surface area contributed by atoms with Crippen LogP contribution in [0.4, 0.5) is 0 Å². The Morgan fingerprint density at radius 3 is 2.54 bits per heavy atom. The van der Waals surface area contributed by atoms with Crippen LogP contribution in [0, 0.1) is 6.92 Å². The van der Waals surface area contributed by atoms with E-state index in [4.69, 9.17) is 0 Å². The second-order valence-electron chi connectivity index (χ2n) is 3.27. The quantitative estimate of drug-likeness (QED) is 0.715. The van der Waals surface area contributed by atoms with Gasteiger partial charge in [-0.2, -0.15) is 0 Å². The van der Waals surface area contributed by atoms with Crippen molar-refractivity contribution in [3.05, 3.63) is 35.4 Å². The summed E-state index contributed by atoms with van der Waals surface area (Å²) in [7, 11) is 0. The molecule has 0 aliphatic carbocycles. The number of carbonyl (C=O) groups is 1. The second kappa shape index (κ2) is 4.19. The van der Waals surface area contributed by atoms with Crippen molar-refractivity contribution in [2.45, 2.75) is 25.9 Å². The summed E-state index contributed by atoms with van der Waals surface area (Å²) in [6.45, 7) is 3.82. The predicted octanol–water partition coefficient (Wildman–Crippen LogP) is 1.66. The van der Waals surface area contributed by atoms with Gasteiger partial charge in [-0.15, -0.1) is 0 Å². The summed E-state index contributed by atoms with van der Waals surface area (Å²) in [5.74, 6) is -0.126. The van der Waals surface area contributed by atoms with Gasteiger partial charge in [-0.25, -0.2) is 0 Å². The molecule has 0 saturated heterocycles. The van der Waals surface area contributed by atoms with Crippen LogP contribution < -0.4 is 0 Å². The SMILES string of the molecule is Cc1ccccc1C(C)C(O)C=O. The molecule has 0 aromatic heterocycles. The van der Waals surface area contributed by atoms with Gasteiger partial charge in [-0.1, -0.05) is 31.2 Å². The number of aliphatic hydroxyl groups is 1. The minimum Gasteiger partial charge on any atom is -0.385 e. The van der Waals surface area contributed by atoms with Crippen molar-refractivity contribution in [2.24, 2.45) is 0 Å². The summed E-state index contributed by atoms with van der Waals surface area (Å²) in [5, 5.41) is 9.34. The van der Waals surface area contributed by atoms with Crippen molar-refractivity contribution < 1.29 is 9.90 Å². The van der Waals surface area contributed by atoms with Gasteiger partial charge in [0, 0.05) is 5.92 Å². The third kappa shape index (κ3) is 2.16. The monoisotopic (exact) mass is 178 g/mol. The third-order valence-electron chi connectivity index (χ3n) is 2.33. The Labute approximate surface area is 78.2 Å². The van der Waals surface area contributed by atoms with Crippen molar-refractivity contribution in [3.8, 4) is 0 Å². The third-order valence-corrected chi connectivity index (χ3v) is 2.33. The summed E-state index contributed by atoms with van der Waals surface area (Å²) >= 11 is 0. The number of benzene rings is 1. The zero-order chi connectivity index (χ0) is 9.84. The Morgan fingerprint density at radius 1 is 1.38 bits per heavy atom. The van der Waals surface area contributed by atoms with Gasteiger partial charge in [0.1, 0.15) is 12.4 Å². The van der Waals surface area contributed by atoms with Gasteiger partial charge in [0.05, 0.1) is 0 Å². The average molecular weight is 178 g/mol. The maximum atomic E-state index is 10.4. The molecule has 2 unspecified atom stereocenters. The summed E-state index contributed by atoms with van der Waals surface area (Å²) in [5.41, 5.74) is 2.14. The zero-order valence-corrected chi connectivity index (χ0v) is 7.90. The molecular weight excluding hydrogens is 164 g/mol. The largest absolute Gasteiger partial charge is 0.385 e. The van der Waals surface area contributed by atoms with Crippen molar-refractivity contribution in [3.63, 3.8) is 0 Å². The zero-order valence-electron chi connectivity index (χ0n) is 7.90. The van der Waals surface area contributed by atoms with Gasteiger partial charge >= 0.3 is 0 Å². The lowest BCUT2D eigenvalue weighted by Crippen LogP contribution is -2.17. The van der Waals surface area contributed by atoms with E-state index < -0.39 is 6.10 Å². The Hall–Kier alpha value is -1.15. The number of carbonyl (C=O) groups excluding carboxylic acids is 1. The van der Waals surface area contributed by atoms with Crippen LogP contribution in [0.25, 0.3) is 0 Å². The first-order chi connectivity index (χ1) is 6.16. The first-order valence-electron chi connectivity index (χ1n) is 4.35. The molecule has 0 aliphatic heterocycles. The molecule has 70 valence electrons. The maximum absolute atomic E-state index is 10.4. The number of aldehydes is 1. The lowest BCUT2D eigenvalue weighted by molar-refractivity contribution is -0.115. The van der Waals surface area contributed by atoms with Crippen LogP contribution in [0.15, 0.2) is 24.3 Å². The van der Waals surface area contributed by atoms with Crippen molar-refractivity contribution in [2.75, 3.05) is 0 Å². The van der Waals surface area contributed by atoms with Crippen LogP contribution in [0.5, 0.6) is 0 Å². The van der Waals surface area contributed by atoms with Gasteiger partial charge < -0.3 is 9.90 Å². The highest BCUT2D eigenvalue weighted by Crippen LogP contribution is 2.21. The molecule has 1 aromatic rings. The van der Waals surface area contributed by atoms with E-state index in [-0.39, 0.29) is 5.92 Å². The first-order valence-corrected chi connectivity index (χ1v) is 4.35. The van der Waals surface area contributed by atoms with E-state index in [1.54, 1.807) is 0 Å². The molecule has 1 N–H and O–H groups in total. The van der Waals surface area contributed by atoms with Gasteiger partial charge in [-0.3, -0.25) is 0 Å². The lowest BCUT2D eigenvalue weighted by atomic mass is 9.92. The van der Waals surface area contributed by atoms with Gasteiger partial charge in [0.2, 0.25) is 0 Å². The summed E-state index contributed by atoms with van der Waals surface area (Å²) in [6.07, 6.45) is -0.321. The lowest BCUT2D eigenvalue weighted by Gasteiger charge is -2.15. The van der Waals surface area contributed by atoms with Crippen LogP contribution >= 0.6 is 0 Å². The van der Waals surface area contributed by atoms with Crippen LogP contribution in [-0.4, -0.2) is 17.5 Å². The Morgan fingerprint density at radius 2 is 2.00 bits per heavy atom. The molecule has 0 radical (unpaired) electrons. The van der Waals surface area contributed by atoms with Crippen LogP contribution in [0.3, 0.4) is 0 Å². The number of aryl methyl sites for hydroxylation is 1. The Bertz CT molecular complexity index is 294. The van der Waals surface area contributed by atoms with E-state index in [2.05, 4.69) is 0 Å². The summed E-state index contributed by atoms with van der Waals surface area (Å²) in [4.78, 5) is 10.4. The number of rotatable bonds is 3. The average Bonchev–Trinajstić information content (AvgIpc) is 2.16. The van der Waals surface area contributed by atoms with Gasteiger partial charge in [-0.05, 0) is 18.1 Å². The second-order valence-corrected chi connectivity index (χ2v) is 3.27. The molecule has 0 heterocycles. The van der Waals surface area contributed by atoms with E-state index in [0.29, 0.717) is 6.29 Å². The molecule has 2 atom stereocenters. The minimum atomic E-state index is -0.902. The molecule has 0 aliphatic rings. The molecule has 13 heavy (non-hydrogen) atoms. The highest BCUT2D eigenvalue weighted by molar-refractivity contribution is 5.58. The van der Waals surface area contributed by atoms with Crippen molar-refractivity contribution in [1.82, 2.24) is 0 Å². The highest BCUT2D eigenvalue weighted by atomic mass is 16.3. The molecule has 0 bridgehead atoms. The normalized spacial score (nSPS) is 15.0. The molecule has 0 fully saturated rings. The molecule has 0 spiro atoms. The predicted molar refractivity (Wildman–Crippen MR) is 51.7 cm³/mol. The van der Waals surface area contributed by atoms with Crippen LogP contribution in [0.1, 0.15) is 24.0 Å². The van der Waals surface area contributed by atoms with Crippen molar-refractivity contribution in [1.29, 1.82) is 0 Å². The first kappa shape index (κ1) is 9.93. The molecule has 0 amide bonds. The van der Waals surface area contributed by atoms with E-state index in [1.165, 1.54) is 0 Å². The van der Waals surface area contributed by atoms with E-state index in [0.717, 1.165) is 11.1 Å². The molecule has 2 nitrogen and oxygen atoms in total. The number of hydrogen-bond acceptors (Lipinski definition) is 2. The molecule has 1 rings (SSSR count). The van der Waals surface area contributed by atoms with Crippen LogP contribution in [0.2, 0.25) is 0 Å². The summed E-state index contributed by atoms with van der Waals surface area (Å²) in [6, 6.07) is 7.77. The molecular formula is C11H14O2. The Balaban J connectivity index is 2.94. The molecule has 2 heteroatoms. The fourth-order valence-electron chi connectivity index (χ4n) is 1.40. The standard InChI is InChI=1S/C11H14O2/c1-8-5-3-4-6-10(8)9(2)11(13)7-12/h3-7,9,11,13H,1-2H3. The maximum Gasteiger partial charge on any atom is 0.149 e. The van der Waals surface area contributed by atoms with E-state index >= 15 is 0 Å². The van der Waals surface area contributed by atoms with Crippen molar-refractivity contribution >= 4 is 6.29 Å². The minimum absolute atomic E-state index is 0.126. The van der Waals surface area contributed by atoms with E-state index in [9.17, 15) is 9.90 Å². The summed E-state index contributed by atoms with van der Waals surface area (Å²) < 4.78 is 0. The fraction of sp³-hybridized carbons (Fsp3) is 0.364. The van der Waals surface area contributed by atoms with Crippen LogP contribution in [-0.2, 0) is 4.79 Å². The smallest absolute Gasteiger partial charge is 0.149 e.